The summed E-state index contributed by atoms with van der Waals surface area (Å²) in [6, 6.07) is 10.2. The molecule has 3 N–H and O–H groups in total. The fourth-order valence-electron chi connectivity index (χ4n) is 3.32. The van der Waals surface area contributed by atoms with Crippen LogP contribution in [0.1, 0.15) is 11.1 Å². The molecule has 1 aliphatic heterocycles. The Bertz CT molecular complexity index is 1000. The Kier molecular flexibility index (Phi) is 2.92. The Balaban J connectivity index is 2.11. The molecule has 0 aliphatic carbocycles. The summed E-state index contributed by atoms with van der Waals surface area (Å²) in [4.78, 5) is 12.8. The molecule has 0 spiro atoms. The van der Waals surface area contributed by atoms with Crippen molar-refractivity contribution < 1.29 is 15.3 Å². The molecule has 0 fully saturated rings. The number of fused-ring (bicyclic) bond motifs is 4. The van der Waals surface area contributed by atoms with E-state index < -0.39 is 0 Å². The zero-order chi connectivity index (χ0) is 16.1. The molecule has 0 bridgehead atoms. The van der Waals surface area contributed by atoms with Gasteiger partial charge in [-0.05, 0) is 47.2 Å². The number of benzene rings is 2. The minimum Gasteiger partial charge on any atom is -0.504 e. The number of aromatic nitrogens is 1. The number of nitrogens with zero attached hydrogens (tertiary/aromatic N) is 1. The van der Waals surface area contributed by atoms with Crippen LogP contribution in [0.5, 0.6) is 11.5 Å². The molecule has 1 aromatic heterocycles. The van der Waals surface area contributed by atoms with E-state index in [2.05, 4.69) is 0 Å². The maximum Gasteiger partial charge on any atom is 0.258 e. The minimum atomic E-state index is -0.208. The van der Waals surface area contributed by atoms with Crippen molar-refractivity contribution in [1.29, 1.82) is 0 Å². The molecule has 2 heterocycles. The van der Waals surface area contributed by atoms with E-state index in [9.17, 15) is 20.1 Å². The summed E-state index contributed by atoms with van der Waals surface area (Å²) in [7, 11) is 0. The molecular weight excluding hydrogens is 294 g/mol. The zero-order valence-electron chi connectivity index (χ0n) is 12.3. The van der Waals surface area contributed by atoms with Crippen LogP contribution in [0.3, 0.4) is 0 Å². The number of phenolic OH excluding ortho intramolecular Hbond substituents is 2. The van der Waals surface area contributed by atoms with Crippen molar-refractivity contribution in [2.24, 2.45) is 0 Å². The van der Waals surface area contributed by atoms with E-state index in [1.165, 1.54) is 6.07 Å². The summed E-state index contributed by atoms with van der Waals surface area (Å²) in [5.41, 5.74) is 2.91. The standard InChI is InChI=1S/C18H15NO4/c20-9-11-2-1-3-12-13(11)7-15-14-8-17(22)16(21)6-10(14)4-5-19(15)18(12)23/h1-3,6-8,20-22H,4-5,9H2. The van der Waals surface area contributed by atoms with Crippen molar-refractivity contribution in [3.8, 4) is 22.8 Å². The van der Waals surface area contributed by atoms with Crippen molar-refractivity contribution in [2.45, 2.75) is 19.6 Å². The molecule has 0 saturated carbocycles. The topological polar surface area (TPSA) is 82.7 Å². The first kappa shape index (κ1) is 13.8. The lowest BCUT2D eigenvalue weighted by atomic mass is 9.94. The van der Waals surface area contributed by atoms with E-state index in [-0.39, 0.29) is 23.7 Å². The van der Waals surface area contributed by atoms with E-state index in [4.69, 9.17) is 0 Å². The highest BCUT2D eigenvalue weighted by Crippen LogP contribution is 2.37. The molecule has 5 heteroatoms. The first-order chi connectivity index (χ1) is 11.1. The SMILES string of the molecule is O=c1c2cccc(CO)c2cc2n1CCc1cc(O)c(O)cc1-2. The number of aliphatic hydroxyl groups excluding tert-OH is 1. The van der Waals surface area contributed by atoms with E-state index in [0.717, 1.165) is 11.1 Å². The molecule has 2 aromatic carbocycles. The van der Waals surface area contributed by atoms with Crippen molar-refractivity contribution in [1.82, 2.24) is 4.57 Å². The third kappa shape index (κ3) is 1.94. The van der Waals surface area contributed by atoms with Crippen molar-refractivity contribution in [2.75, 3.05) is 0 Å². The first-order valence-corrected chi connectivity index (χ1v) is 7.41. The fourth-order valence-corrected chi connectivity index (χ4v) is 3.32. The first-order valence-electron chi connectivity index (χ1n) is 7.41. The van der Waals surface area contributed by atoms with Gasteiger partial charge < -0.3 is 19.9 Å². The molecule has 0 unspecified atom stereocenters. The molecule has 3 aromatic rings. The molecule has 4 rings (SSSR count). The maximum atomic E-state index is 12.8. The molecule has 0 amide bonds. The molecule has 23 heavy (non-hydrogen) atoms. The predicted octanol–water partition coefficient (Wildman–Crippen LogP) is 2.13. The van der Waals surface area contributed by atoms with Crippen LogP contribution >= 0.6 is 0 Å². The lowest BCUT2D eigenvalue weighted by molar-refractivity contribution is 0.283. The summed E-state index contributed by atoms with van der Waals surface area (Å²) in [5, 5.41) is 30.3. The second kappa shape index (κ2) is 4.86. The van der Waals surface area contributed by atoms with Gasteiger partial charge in [-0.15, -0.1) is 0 Å². The number of aliphatic hydroxyl groups is 1. The van der Waals surface area contributed by atoms with Crippen LogP contribution in [0.2, 0.25) is 0 Å². The predicted molar refractivity (Wildman–Crippen MR) is 86.6 cm³/mol. The van der Waals surface area contributed by atoms with E-state index in [1.807, 2.05) is 6.07 Å². The van der Waals surface area contributed by atoms with Gasteiger partial charge in [0.25, 0.3) is 5.56 Å². The van der Waals surface area contributed by atoms with Crippen molar-refractivity contribution in [3.05, 3.63) is 57.9 Å². The minimum absolute atomic E-state index is 0.106. The quantitative estimate of drug-likeness (QED) is 0.601. The molecule has 5 nitrogen and oxygen atoms in total. The van der Waals surface area contributed by atoms with Crippen LogP contribution in [-0.4, -0.2) is 19.9 Å². The molecule has 0 radical (unpaired) electrons. The Labute approximate surface area is 131 Å². The van der Waals surface area contributed by atoms with E-state index >= 15 is 0 Å². The number of hydrogen-bond donors (Lipinski definition) is 3. The molecular formula is C18H15NO4. The second-order valence-electron chi connectivity index (χ2n) is 5.77. The van der Waals surface area contributed by atoms with Gasteiger partial charge in [-0.2, -0.15) is 0 Å². The highest BCUT2D eigenvalue weighted by Gasteiger charge is 2.21. The van der Waals surface area contributed by atoms with Gasteiger partial charge in [0.05, 0.1) is 12.3 Å². The Morgan fingerprint density at radius 2 is 1.83 bits per heavy atom. The van der Waals surface area contributed by atoms with Crippen LogP contribution in [0.25, 0.3) is 22.0 Å². The number of rotatable bonds is 1. The van der Waals surface area contributed by atoms with Crippen molar-refractivity contribution >= 4 is 10.8 Å². The molecule has 116 valence electrons. The van der Waals surface area contributed by atoms with Gasteiger partial charge in [0.15, 0.2) is 11.5 Å². The Morgan fingerprint density at radius 3 is 2.61 bits per heavy atom. The lowest BCUT2D eigenvalue weighted by Gasteiger charge is -2.23. The number of pyridine rings is 1. The summed E-state index contributed by atoms with van der Waals surface area (Å²) in [5.74, 6) is -0.364. The molecule has 0 atom stereocenters. The number of aromatic hydroxyl groups is 2. The summed E-state index contributed by atoms with van der Waals surface area (Å²) in [6.45, 7) is 0.374. The summed E-state index contributed by atoms with van der Waals surface area (Å²) >= 11 is 0. The highest BCUT2D eigenvalue weighted by molar-refractivity contribution is 5.89. The fraction of sp³-hybridized carbons (Fsp3) is 0.167. The zero-order valence-corrected chi connectivity index (χ0v) is 12.3. The summed E-state index contributed by atoms with van der Waals surface area (Å²) < 4.78 is 1.68. The van der Waals surface area contributed by atoms with E-state index in [0.29, 0.717) is 35.0 Å². The normalized spacial score (nSPS) is 12.9. The molecule has 1 aliphatic rings. The van der Waals surface area contributed by atoms with Crippen LogP contribution in [0, 0.1) is 0 Å². The monoisotopic (exact) mass is 309 g/mol. The van der Waals surface area contributed by atoms with Crippen LogP contribution in [-0.2, 0) is 19.6 Å². The lowest BCUT2D eigenvalue weighted by Crippen LogP contribution is -2.26. The van der Waals surface area contributed by atoms with Crippen LogP contribution in [0.4, 0.5) is 0 Å². The van der Waals surface area contributed by atoms with Crippen molar-refractivity contribution in [3.63, 3.8) is 0 Å². The largest absolute Gasteiger partial charge is 0.504 e. The van der Waals surface area contributed by atoms with Gasteiger partial charge >= 0.3 is 0 Å². The third-order valence-corrected chi connectivity index (χ3v) is 4.50. The van der Waals surface area contributed by atoms with Gasteiger partial charge in [0.1, 0.15) is 0 Å². The highest BCUT2D eigenvalue weighted by atomic mass is 16.3. The number of aryl methyl sites for hydroxylation is 1. The second-order valence-corrected chi connectivity index (χ2v) is 5.77. The average Bonchev–Trinajstić information content (AvgIpc) is 2.56. The van der Waals surface area contributed by atoms with E-state index in [1.54, 1.807) is 28.8 Å². The van der Waals surface area contributed by atoms with Gasteiger partial charge in [0, 0.05) is 17.5 Å². The molecule has 0 saturated heterocycles. The Morgan fingerprint density at radius 1 is 1.04 bits per heavy atom. The van der Waals surface area contributed by atoms with Crippen LogP contribution < -0.4 is 5.56 Å². The van der Waals surface area contributed by atoms with Gasteiger partial charge in [-0.3, -0.25) is 4.79 Å². The summed E-state index contributed by atoms with van der Waals surface area (Å²) in [6.07, 6.45) is 0.612. The van der Waals surface area contributed by atoms with Gasteiger partial charge in [-0.1, -0.05) is 12.1 Å². The Hall–Kier alpha value is -2.79. The number of hydrogen-bond acceptors (Lipinski definition) is 4. The van der Waals surface area contributed by atoms with Gasteiger partial charge in [0.2, 0.25) is 0 Å². The maximum absolute atomic E-state index is 12.8. The average molecular weight is 309 g/mol. The number of phenols is 2. The van der Waals surface area contributed by atoms with Gasteiger partial charge in [-0.25, -0.2) is 0 Å². The smallest absolute Gasteiger partial charge is 0.258 e. The van der Waals surface area contributed by atoms with Crippen LogP contribution in [0.15, 0.2) is 41.2 Å². The third-order valence-electron chi connectivity index (χ3n) is 4.50.